The highest BCUT2D eigenvalue weighted by Gasteiger charge is 2.22. The lowest BCUT2D eigenvalue weighted by Gasteiger charge is -2.26. The minimum Gasteiger partial charge on any atom is -0.495 e. The first-order chi connectivity index (χ1) is 15.9. The minimum absolute atomic E-state index is 0.0174. The third-order valence-electron chi connectivity index (χ3n) is 5.29. The molecule has 0 heterocycles. The molecule has 0 aliphatic heterocycles. The molecule has 0 saturated heterocycles. The van der Waals surface area contributed by atoms with E-state index in [9.17, 15) is 13.2 Å². The highest BCUT2D eigenvalue weighted by Crippen LogP contribution is 2.29. The second-order valence-corrected chi connectivity index (χ2v) is 9.74. The maximum Gasteiger partial charge on any atom is 0.232 e. The zero-order valence-corrected chi connectivity index (χ0v) is 19.9. The van der Waals surface area contributed by atoms with Gasteiger partial charge in [0.05, 0.1) is 19.1 Å². The summed E-state index contributed by atoms with van der Waals surface area (Å²) in [6.07, 6.45) is 1.79. The number of carbonyl (C=O) groups excluding carboxylic acids is 1. The molecule has 0 atom stereocenters. The van der Waals surface area contributed by atoms with Crippen molar-refractivity contribution in [2.24, 2.45) is 0 Å². The summed E-state index contributed by atoms with van der Waals surface area (Å²) >= 11 is 0. The van der Waals surface area contributed by atoms with Gasteiger partial charge in [0, 0.05) is 26.1 Å². The van der Waals surface area contributed by atoms with E-state index in [0.29, 0.717) is 30.9 Å². The number of nitrogens with zero attached hydrogens (tertiary/aromatic N) is 2. The molecule has 3 aromatic rings. The molecular formula is C26H30N2O4S. The number of hydrogen-bond donors (Lipinski definition) is 0. The Labute approximate surface area is 196 Å². The second kappa shape index (κ2) is 11.5. The molecule has 7 heteroatoms. The van der Waals surface area contributed by atoms with Crippen LogP contribution in [0.1, 0.15) is 24.0 Å². The van der Waals surface area contributed by atoms with Gasteiger partial charge in [-0.1, -0.05) is 72.8 Å². The third kappa shape index (κ3) is 7.08. The van der Waals surface area contributed by atoms with Crippen molar-refractivity contribution in [1.29, 1.82) is 0 Å². The number of amides is 1. The van der Waals surface area contributed by atoms with Crippen LogP contribution < -0.4 is 9.04 Å². The fourth-order valence-electron chi connectivity index (χ4n) is 3.67. The Hall–Kier alpha value is -3.32. The van der Waals surface area contributed by atoms with Crippen LogP contribution in [0.2, 0.25) is 0 Å². The molecule has 0 aliphatic rings. The van der Waals surface area contributed by atoms with E-state index in [1.165, 1.54) is 17.7 Å². The Balaban J connectivity index is 1.71. The standard InChI is InChI=1S/C26H30N2O4S/c1-32-25-17-10-9-16-24(25)28(33(2,30)31)19-11-18-26(29)27(20-22-12-5-3-6-13-22)21-23-14-7-4-8-15-23/h3-10,12-17H,11,18-21H2,1-2H3. The van der Waals surface area contributed by atoms with E-state index < -0.39 is 10.0 Å². The summed E-state index contributed by atoms with van der Waals surface area (Å²) in [4.78, 5) is 15.0. The lowest BCUT2D eigenvalue weighted by Crippen LogP contribution is -2.33. The van der Waals surface area contributed by atoms with E-state index in [-0.39, 0.29) is 18.9 Å². The molecule has 0 saturated carbocycles. The first-order valence-corrected chi connectivity index (χ1v) is 12.7. The highest BCUT2D eigenvalue weighted by atomic mass is 32.2. The maximum atomic E-state index is 13.2. The summed E-state index contributed by atoms with van der Waals surface area (Å²) in [6.45, 7) is 1.18. The molecule has 0 N–H and O–H groups in total. The molecule has 6 nitrogen and oxygen atoms in total. The number of sulfonamides is 1. The van der Waals surface area contributed by atoms with E-state index in [2.05, 4.69) is 0 Å². The summed E-state index contributed by atoms with van der Waals surface area (Å²) in [5, 5.41) is 0. The predicted molar refractivity (Wildman–Crippen MR) is 132 cm³/mol. The molecule has 0 aromatic heterocycles. The van der Waals surface area contributed by atoms with E-state index in [4.69, 9.17) is 4.74 Å². The Morgan fingerprint density at radius 2 is 1.33 bits per heavy atom. The van der Waals surface area contributed by atoms with Crippen LogP contribution in [-0.2, 0) is 27.9 Å². The number of rotatable bonds is 11. The zero-order chi connectivity index (χ0) is 23.7. The van der Waals surface area contributed by atoms with Gasteiger partial charge in [0.1, 0.15) is 5.75 Å². The Bertz CT molecular complexity index is 1090. The molecule has 0 bridgehead atoms. The SMILES string of the molecule is COc1ccccc1N(CCCC(=O)N(Cc1ccccc1)Cc1ccccc1)S(C)(=O)=O. The van der Waals surface area contributed by atoms with Crippen molar-refractivity contribution in [2.45, 2.75) is 25.9 Å². The van der Waals surface area contributed by atoms with E-state index in [0.717, 1.165) is 11.1 Å². The molecule has 3 aromatic carbocycles. The maximum absolute atomic E-state index is 13.2. The molecule has 33 heavy (non-hydrogen) atoms. The summed E-state index contributed by atoms with van der Waals surface area (Å²) < 4.78 is 31.6. The van der Waals surface area contributed by atoms with Gasteiger partial charge in [-0.05, 0) is 29.7 Å². The van der Waals surface area contributed by atoms with Crippen molar-refractivity contribution in [3.8, 4) is 5.75 Å². The number of carbonyl (C=O) groups is 1. The van der Waals surface area contributed by atoms with Crippen LogP contribution in [0.3, 0.4) is 0 Å². The van der Waals surface area contributed by atoms with Crippen molar-refractivity contribution >= 4 is 21.6 Å². The molecule has 1 amide bonds. The molecule has 0 spiro atoms. The highest BCUT2D eigenvalue weighted by molar-refractivity contribution is 7.92. The average Bonchev–Trinajstić information content (AvgIpc) is 2.82. The largest absolute Gasteiger partial charge is 0.495 e. The summed E-state index contributed by atoms with van der Waals surface area (Å²) in [5.41, 5.74) is 2.57. The van der Waals surface area contributed by atoms with Crippen molar-refractivity contribution < 1.29 is 17.9 Å². The van der Waals surface area contributed by atoms with Gasteiger partial charge in [-0.3, -0.25) is 9.10 Å². The average molecular weight is 467 g/mol. The van der Waals surface area contributed by atoms with Crippen LogP contribution >= 0.6 is 0 Å². The van der Waals surface area contributed by atoms with Crippen molar-refractivity contribution in [1.82, 2.24) is 4.90 Å². The van der Waals surface area contributed by atoms with Crippen molar-refractivity contribution in [2.75, 3.05) is 24.2 Å². The minimum atomic E-state index is -3.54. The Kier molecular flexibility index (Phi) is 8.49. The third-order valence-corrected chi connectivity index (χ3v) is 6.47. The fraction of sp³-hybridized carbons (Fsp3) is 0.269. The Morgan fingerprint density at radius 1 is 0.818 bits per heavy atom. The molecular weight excluding hydrogens is 436 g/mol. The lowest BCUT2D eigenvalue weighted by atomic mass is 10.1. The van der Waals surface area contributed by atoms with E-state index in [1.807, 2.05) is 65.6 Å². The van der Waals surface area contributed by atoms with E-state index in [1.54, 1.807) is 24.3 Å². The monoisotopic (exact) mass is 466 g/mol. The quantitative estimate of drug-likeness (QED) is 0.418. The molecule has 0 aliphatic carbocycles. The molecule has 0 radical (unpaired) electrons. The number of para-hydroxylation sites is 2. The van der Waals surface area contributed by atoms with Gasteiger partial charge in [0.15, 0.2) is 0 Å². The zero-order valence-electron chi connectivity index (χ0n) is 19.1. The van der Waals surface area contributed by atoms with Gasteiger partial charge in [0.2, 0.25) is 15.9 Å². The van der Waals surface area contributed by atoms with Crippen molar-refractivity contribution in [3.05, 3.63) is 96.1 Å². The van der Waals surface area contributed by atoms with Crippen LogP contribution in [0.15, 0.2) is 84.9 Å². The van der Waals surface area contributed by atoms with Crippen molar-refractivity contribution in [3.63, 3.8) is 0 Å². The van der Waals surface area contributed by atoms with Gasteiger partial charge >= 0.3 is 0 Å². The molecule has 0 unspecified atom stereocenters. The van der Waals surface area contributed by atoms with Crippen LogP contribution in [0, 0.1) is 0 Å². The summed E-state index contributed by atoms with van der Waals surface area (Å²) in [5.74, 6) is 0.459. The predicted octanol–water partition coefficient (Wildman–Crippen LogP) is 4.47. The van der Waals surface area contributed by atoms with Gasteiger partial charge in [0.25, 0.3) is 0 Å². The van der Waals surface area contributed by atoms with Crippen LogP contribution in [0.5, 0.6) is 5.75 Å². The van der Waals surface area contributed by atoms with Gasteiger partial charge in [-0.25, -0.2) is 8.42 Å². The van der Waals surface area contributed by atoms with Crippen LogP contribution in [0.4, 0.5) is 5.69 Å². The van der Waals surface area contributed by atoms with Gasteiger partial charge in [-0.2, -0.15) is 0 Å². The number of benzene rings is 3. The summed E-state index contributed by atoms with van der Waals surface area (Å²) in [7, 11) is -2.03. The first kappa shape index (κ1) is 24.3. The summed E-state index contributed by atoms with van der Waals surface area (Å²) in [6, 6.07) is 26.7. The molecule has 3 rings (SSSR count). The number of ether oxygens (including phenoxy) is 1. The van der Waals surface area contributed by atoms with Gasteiger partial charge < -0.3 is 9.64 Å². The number of methoxy groups -OCH3 is 1. The Morgan fingerprint density at radius 3 is 1.85 bits per heavy atom. The fourth-order valence-corrected chi connectivity index (χ4v) is 4.64. The number of hydrogen-bond acceptors (Lipinski definition) is 4. The van der Waals surface area contributed by atoms with Crippen LogP contribution in [0.25, 0.3) is 0 Å². The van der Waals surface area contributed by atoms with Crippen LogP contribution in [-0.4, -0.2) is 39.1 Å². The molecule has 174 valence electrons. The second-order valence-electron chi connectivity index (χ2n) is 7.83. The van der Waals surface area contributed by atoms with E-state index >= 15 is 0 Å². The smallest absolute Gasteiger partial charge is 0.232 e. The lowest BCUT2D eigenvalue weighted by molar-refractivity contribution is -0.132. The first-order valence-electron chi connectivity index (χ1n) is 10.8. The van der Waals surface area contributed by atoms with Gasteiger partial charge in [-0.15, -0.1) is 0 Å². The topological polar surface area (TPSA) is 66.9 Å². The number of anilines is 1. The molecule has 0 fully saturated rings. The normalized spacial score (nSPS) is 11.1.